The smallest absolute Gasteiger partial charge is 0.264 e. The van der Waals surface area contributed by atoms with Gasteiger partial charge in [-0.15, -0.1) is 11.3 Å². The zero-order chi connectivity index (χ0) is 22.7. The molecule has 0 saturated carbocycles. The number of nitrogens with zero attached hydrogens (tertiary/aromatic N) is 4. The molecule has 7 heteroatoms. The number of thiophene rings is 1. The standard InChI is InChI=1S/C25H29N5OS/c1-16-22-17(2)26-18(3)27-24(22)32-23(16)25(31)30(4)14-10-6-9-13-20-15-21(29-28-20)19-11-7-5-8-12-19/h5,7-8,11-12,15H,6,9-10,13-14H2,1-4H3,(H,28,29). The summed E-state index contributed by atoms with van der Waals surface area (Å²) in [5.74, 6) is 0.820. The molecule has 0 fully saturated rings. The van der Waals surface area contributed by atoms with Crippen LogP contribution in [0.3, 0.4) is 0 Å². The first kappa shape index (κ1) is 22.1. The molecule has 1 N–H and O–H groups in total. The molecule has 6 nitrogen and oxygen atoms in total. The van der Waals surface area contributed by atoms with Crippen LogP contribution in [0.15, 0.2) is 36.4 Å². The number of benzene rings is 1. The molecular formula is C25H29N5OS. The maximum Gasteiger partial charge on any atom is 0.264 e. The Balaban J connectivity index is 1.27. The van der Waals surface area contributed by atoms with Gasteiger partial charge in [0.15, 0.2) is 0 Å². The second kappa shape index (κ2) is 9.61. The number of amides is 1. The number of nitrogens with one attached hydrogen (secondary N) is 1. The molecule has 0 aliphatic heterocycles. The molecular weight excluding hydrogens is 418 g/mol. The molecule has 0 bridgehead atoms. The van der Waals surface area contributed by atoms with Crippen molar-refractivity contribution in [3.63, 3.8) is 0 Å². The van der Waals surface area contributed by atoms with Crippen LogP contribution < -0.4 is 0 Å². The lowest BCUT2D eigenvalue weighted by Gasteiger charge is -2.16. The van der Waals surface area contributed by atoms with Gasteiger partial charge >= 0.3 is 0 Å². The summed E-state index contributed by atoms with van der Waals surface area (Å²) >= 11 is 1.48. The topological polar surface area (TPSA) is 74.8 Å². The number of hydrogen-bond acceptors (Lipinski definition) is 5. The molecule has 166 valence electrons. The molecule has 0 radical (unpaired) electrons. The zero-order valence-corrected chi connectivity index (χ0v) is 19.9. The first-order chi connectivity index (χ1) is 15.4. The van der Waals surface area contributed by atoms with Crippen molar-refractivity contribution >= 4 is 27.5 Å². The second-order valence-corrected chi connectivity index (χ2v) is 9.27. The van der Waals surface area contributed by atoms with Gasteiger partial charge < -0.3 is 4.90 Å². The first-order valence-corrected chi connectivity index (χ1v) is 11.8. The molecule has 0 unspecified atom stereocenters. The minimum absolute atomic E-state index is 0.0728. The average Bonchev–Trinajstić information content (AvgIpc) is 3.38. The van der Waals surface area contributed by atoms with Gasteiger partial charge in [-0.25, -0.2) is 9.97 Å². The Bertz CT molecular complexity index is 1230. The number of unbranched alkanes of at least 4 members (excludes halogenated alkanes) is 2. The summed E-state index contributed by atoms with van der Waals surface area (Å²) < 4.78 is 0. The Kier molecular flexibility index (Phi) is 6.65. The van der Waals surface area contributed by atoms with Crippen molar-refractivity contribution in [2.45, 2.75) is 46.5 Å². The van der Waals surface area contributed by atoms with Gasteiger partial charge in [0.1, 0.15) is 10.7 Å². The Morgan fingerprint density at radius 3 is 2.62 bits per heavy atom. The summed E-state index contributed by atoms with van der Waals surface area (Å²) in [7, 11) is 1.89. The minimum Gasteiger partial charge on any atom is -0.341 e. The van der Waals surface area contributed by atoms with Crippen molar-refractivity contribution in [3.05, 3.63) is 64.1 Å². The summed E-state index contributed by atoms with van der Waals surface area (Å²) in [6.07, 6.45) is 4.06. The first-order valence-electron chi connectivity index (χ1n) is 11.0. The summed E-state index contributed by atoms with van der Waals surface area (Å²) in [6.45, 7) is 6.62. The molecule has 4 rings (SSSR count). The van der Waals surface area contributed by atoms with Crippen molar-refractivity contribution in [2.75, 3.05) is 13.6 Å². The molecule has 0 atom stereocenters. The van der Waals surface area contributed by atoms with Gasteiger partial charge in [0.25, 0.3) is 5.91 Å². The van der Waals surface area contributed by atoms with Crippen LogP contribution in [0, 0.1) is 20.8 Å². The van der Waals surface area contributed by atoms with Gasteiger partial charge in [-0.1, -0.05) is 36.8 Å². The summed E-state index contributed by atoms with van der Waals surface area (Å²) in [5.41, 5.74) is 5.20. The lowest BCUT2D eigenvalue weighted by Crippen LogP contribution is -2.27. The van der Waals surface area contributed by atoms with E-state index < -0.39 is 0 Å². The van der Waals surface area contributed by atoms with Gasteiger partial charge in [-0.3, -0.25) is 9.89 Å². The summed E-state index contributed by atoms with van der Waals surface area (Å²) in [4.78, 5) is 25.5. The highest BCUT2D eigenvalue weighted by Crippen LogP contribution is 2.32. The Hall–Kier alpha value is -3.06. The Morgan fingerprint density at radius 2 is 1.84 bits per heavy atom. The van der Waals surface area contributed by atoms with Crippen molar-refractivity contribution in [3.8, 4) is 11.3 Å². The highest BCUT2D eigenvalue weighted by Gasteiger charge is 2.21. The number of aromatic nitrogens is 4. The number of H-pyrrole nitrogens is 1. The van der Waals surface area contributed by atoms with E-state index in [9.17, 15) is 4.79 Å². The SMILES string of the molecule is Cc1nc(C)c2c(C)c(C(=O)N(C)CCCCCc3cc(-c4ccccc4)n[nH]3)sc2n1. The maximum atomic E-state index is 13.0. The van der Waals surface area contributed by atoms with Crippen molar-refractivity contribution in [2.24, 2.45) is 0 Å². The molecule has 3 aromatic heterocycles. The number of rotatable bonds is 8. The normalized spacial score (nSPS) is 11.2. The van der Waals surface area contributed by atoms with Crippen molar-refractivity contribution in [1.29, 1.82) is 0 Å². The van der Waals surface area contributed by atoms with Crippen LogP contribution in [0.4, 0.5) is 0 Å². The van der Waals surface area contributed by atoms with Gasteiger partial charge in [0, 0.05) is 35.9 Å². The van der Waals surface area contributed by atoms with Crippen molar-refractivity contribution in [1.82, 2.24) is 25.1 Å². The van der Waals surface area contributed by atoms with E-state index in [4.69, 9.17) is 0 Å². The number of aryl methyl sites for hydroxylation is 4. The van der Waals surface area contributed by atoms with Gasteiger partial charge in [0.2, 0.25) is 0 Å². The quantitative estimate of drug-likeness (QED) is 0.362. The molecule has 0 saturated heterocycles. The number of carbonyl (C=O) groups excluding carboxylic acids is 1. The number of fused-ring (bicyclic) bond motifs is 1. The Morgan fingerprint density at radius 1 is 1.06 bits per heavy atom. The Labute approximate surface area is 192 Å². The van der Waals surface area contributed by atoms with E-state index in [1.54, 1.807) is 0 Å². The zero-order valence-electron chi connectivity index (χ0n) is 19.1. The minimum atomic E-state index is 0.0728. The third-order valence-corrected chi connectivity index (χ3v) is 6.94. The molecule has 0 aliphatic rings. The molecule has 1 amide bonds. The largest absolute Gasteiger partial charge is 0.341 e. The lowest BCUT2D eigenvalue weighted by molar-refractivity contribution is 0.0797. The predicted octanol–water partition coefficient (Wildman–Crippen LogP) is 5.49. The van der Waals surface area contributed by atoms with Crippen molar-refractivity contribution < 1.29 is 4.79 Å². The summed E-state index contributed by atoms with van der Waals surface area (Å²) in [6, 6.07) is 12.3. The van der Waals surface area contributed by atoms with Gasteiger partial charge in [-0.2, -0.15) is 5.10 Å². The fourth-order valence-electron chi connectivity index (χ4n) is 4.04. The highest BCUT2D eigenvalue weighted by molar-refractivity contribution is 7.20. The summed E-state index contributed by atoms with van der Waals surface area (Å²) in [5, 5.41) is 8.59. The van der Waals surface area contributed by atoms with E-state index >= 15 is 0 Å². The van der Waals surface area contributed by atoms with E-state index in [1.807, 2.05) is 50.9 Å². The van der Waals surface area contributed by atoms with Gasteiger partial charge in [0.05, 0.1) is 10.6 Å². The fraction of sp³-hybridized carbons (Fsp3) is 0.360. The van der Waals surface area contributed by atoms with E-state index in [0.717, 1.165) is 81.4 Å². The van der Waals surface area contributed by atoms with Crippen LogP contribution >= 0.6 is 11.3 Å². The molecule has 32 heavy (non-hydrogen) atoms. The fourth-order valence-corrected chi connectivity index (χ4v) is 5.31. The molecule has 0 aliphatic carbocycles. The monoisotopic (exact) mass is 447 g/mol. The van der Waals surface area contributed by atoms with E-state index in [0.29, 0.717) is 0 Å². The number of aromatic amines is 1. The van der Waals surface area contributed by atoms with Crippen LogP contribution in [0.5, 0.6) is 0 Å². The third-order valence-electron chi connectivity index (χ3n) is 5.76. The van der Waals surface area contributed by atoms with Crippen LogP contribution in [0.25, 0.3) is 21.5 Å². The maximum absolute atomic E-state index is 13.0. The van der Waals surface area contributed by atoms with Crippen LogP contribution in [0.2, 0.25) is 0 Å². The molecule has 0 spiro atoms. The third kappa shape index (κ3) is 4.72. The van der Waals surface area contributed by atoms with E-state index in [2.05, 4.69) is 38.4 Å². The number of carbonyl (C=O) groups is 1. The van der Waals surface area contributed by atoms with Crippen LogP contribution in [-0.4, -0.2) is 44.6 Å². The average molecular weight is 448 g/mol. The van der Waals surface area contributed by atoms with Gasteiger partial charge in [-0.05, 0) is 51.7 Å². The lowest BCUT2D eigenvalue weighted by atomic mass is 10.1. The van der Waals surface area contributed by atoms with Crippen LogP contribution in [-0.2, 0) is 6.42 Å². The van der Waals surface area contributed by atoms with Crippen LogP contribution in [0.1, 0.15) is 51.7 Å². The molecule has 1 aromatic carbocycles. The van der Waals surface area contributed by atoms with E-state index in [1.165, 1.54) is 11.3 Å². The molecule has 3 heterocycles. The second-order valence-electron chi connectivity index (χ2n) is 8.27. The molecule has 4 aromatic rings. The van der Waals surface area contributed by atoms with E-state index in [-0.39, 0.29) is 5.91 Å². The predicted molar refractivity (Wildman–Crippen MR) is 130 cm³/mol. The highest BCUT2D eigenvalue weighted by atomic mass is 32.1. The number of hydrogen-bond donors (Lipinski definition) is 1.